The van der Waals surface area contributed by atoms with Crippen molar-refractivity contribution in [3.05, 3.63) is 100 Å². The number of carbonyl (C=O) groups excluding carboxylic acids is 3. The molecule has 0 radical (unpaired) electrons. The van der Waals surface area contributed by atoms with Crippen LogP contribution in [0.3, 0.4) is 0 Å². The van der Waals surface area contributed by atoms with Gasteiger partial charge in [0, 0.05) is 11.3 Å². The van der Waals surface area contributed by atoms with Crippen molar-refractivity contribution in [3.63, 3.8) is 0 Å². The van der Waals surface area contributed by atoms with Crippen molar-refractivity contribution in [2.75, 3.05) is 25.2 Å². The van der Waals surface area contributed by atoms with Crippen LogP contribution in [0.25, 0.3) is 5.76 Å². The van der Waals surface area contributed by atoms with Crippen molar-refractivity contribution in [3.8, 4) is 11.5 Å². The smallest absolute Gasteiger partial charge is 0.337 e. The molecule has 1 saturated heterocycles. The van der Waals surface area contributed by atoms with Crippen molar-refractivity contribution >= 4 is 51.6 Å². The van der Waals surface area contributed by atoms with E-state index in [2.05, 4.69) is 10.2 Å². The first-order valence-electron chi connectivity index (χ1n) is 12.9. The maximum Gasteiger partial charge on any atom is 0.337 e. The molecule has 43 heavy (non-hydrogen) atoms. The van der Waals surface area contributed by atoms with Crippen LogP contribution in [0.5, 0.6) is 11.5 Å². The van der Waals surface area contributed by atoms with Gasteiger partial charge < -0.3 is 19.3 Å². The van der Waals surface area contributed by atoms with Gasteiger partial charge >= 0.3 is 11.9 Å². The van der Waals surface area contributed by atoms with E-state index in [1.165, 1.54) is 48.0 Å². The monoisotopic (exact) mass is 619 g/mol. The second-order valence-electron chi connectivity index (χ2n) is 9.41. The summed E-state index contributed by atoms with van der Waals surface area (Å²) in [5, 5.41) is 20.0. The van der Waals surface area contributed by atoms with Crippen LogP contribution in [0.2, 0.25) is 0 Å². The fraction of sp³-hybridized carbons (Fsp3) is 0.167. The van der Waals surface area contributed by atoms with Gasteiger partial charge in [0.1, 0.15) is 24.8 Å². The molecule has 2 aliphatic heterocycles. The summed E-state index contributed by atoms with van der Waals surface area (Å²) in [6, 6.07) is 15.9. The number of fused-ring (bicyclic) bond motifs is 1. The highest BCUT2D eigenvalue weighted by atomic mass is 32.2. The molecule has 4 aromatic rings. The Bertz CT molecular complexity index is 1760. The van der Waals surface area contributed by atoms with Gasteiger partial charge in [-0.05, 0) is 53.6 Å². The van der Waals surface area contributed by atoms with E-state index in [-0.39, 0.29) is 27.6 Å². The van der Waals surface area contributed by atoms with E-state index >= 15 is 0 Å². The molecule has 1 amide bonds. The summed E-state index contributed by atoms with van der Waals surface area (Å²) in [4.78, 5) is 40.3. The van der Waals surface area contributed by atoms with Crippen molar-refractivity contribution in [1.29, 1.82) is 0 Å². The normalized spacial score (nSPS) is 17.3. The van der Waals surface area contributed by atoms with Crippen LogP contribution < -0.4 is 14.4 Å². The molecule has 1 unspecified atom stereocenters. The molecule has 0 spiro atoms. The third kappa shape index (κ3) is 5.56. The Hall–Kier alpha value is -4.75. The Morgan fingerprint density at radius 3 is 2.44 bits per heavy atom. The van der Waals surface area contributed by atoms with Gasteiger partial charge in [-0.25, -0.2) is 9.18 Å². The molecule has 1 aromatic heterocycles. The first-order chi connectivity index (χ1) is 20.8. The molecule has 13 heteroatoms. The molecular weight excluding hydrogens is 597 g/mol. The van der Waals surface area contributed by atoms with E-state index in [0.717, 1.165) is 16.9 Å². The number of amides is 1. The van der Waals surface area contributed by atoms with Gasteiger partial charge in [-0.2, -0.15) is 0 Å². The van der Waals surface area contributed by atoms with Gasteiger partial charge in [0.25, 0.3) is 5.78 Å². The zero-order valence-corrected chi connectivity index (χ0v) is 24.1. The Morgan fingerprint density at radius 1 is 1.02 bits per heavy atom. The SMILES string of the molecule is COC(=O)c1ccc(C2/C(=C(\O)c3ccc4c(c3)OCCO4)C(=O)C(=O)N2c2nnc(SCc3ccc(F)cc3)s2)cc1. The minimum Gasteiger partial charge on any atom is -0.507 e. The molecule has 0 saturated carbocycles. The van der Waals surface area contributed by atoms with Gasteiger partial charge in [-0.3, -0.25) is 14.5 Å². The summed E-state index contributed by atoms with van der Waals surface area (Å²) in [6.07, 6.45) is 0. The molecule has 2 aliphatic rings. The van der Waals surface area contributed by atoms with Crippen molar-refractivity contribution in [2.45, 2.75) is 16.1 Å². The number of methoxy groups -OCH3 is 1. The van der Waals surface area contributed by atoms with Crippen LogP contribution >= 0.6 is 23.1 Å². The van der Waals surface area contributed by atoms with Crippen molar-refractivity contribution < 1.29 is 38.1 Å². The Morgan fingerprint density at radius 2 is 1.72 bits per heavy atom. The third-order valence-corrected chi connectivity index (χ3v) is 8.91. The van der Waals surface area contributed by atoms with Crippen LogP contribution in [0.15, 0.2) is 76.6 Å². The van der Waals surface area contributed by atoms with Gasteiger partial charge in [0.05, 0.1) is 24.3 Å². The highest BCUT2D eigenvalue weighted by Gasteiger charge is 2.48. The maximum absolute atomic E-state index is 13.5. The molecule has 6 rings (SSSR count). The fourth-order valence-electron chi connectivity index (χ4n) is 4.69. The second-order valence-corrected chi connectivity index (χ2v) is 11.6. The van der Waals surface area contributed by atoms with E-state index in [0.29, 0.717) is 40.4 Å². The minimum absolute atomic E-state index is 0.145. The summed E-state index contributed by atoms with van der Waals surface area (Å²) in [6.45, 7) is 0.712. The highest BCUT2D eigenvalue weighted by molar-refractivity contribution is 8.00. The van der Waals surface area contributed by atoms with Gasteiger partial charge in [0.15, 0.2) is 15.8 Å². The summed E-state index contributed by atoms with van der Waals surface area (Å²) in [5.74, 6) is -1.72. The van der Waals surface area contributed by atoms with E-state index in [1.54, 1.807) is 42.5 Å². The number of ketones is 1. The average molecular weight is 620 g/mol. The predicted molar refractivity (Wildman–Crippen MR) is 156 cm³/mol. The number of nitrogens with zero attached hydrogens (tertiary/aromatic N) is 3. The zero-order chi connectivity index (χ0) is 30.1. The molecule has 218 valence electrons. The van der Waals surface area contributed by atoms with Crippen LogP contribution in [0, 0.1) is 5.82 Å². The lowest BCUT2D eigenvalue weighted by molar-refractivity contribution is -0.132. The van der Waals surface area contributed by atoms with Crippen molar-refractivity contribution in [2.24, 2.45) is 0 Å². The number of aliphatic hydroxyl groups is 1. The van der Waals surface area contributed by atoms with E-state index in [1.807, 2.05) is 0 Å². The number of hydrogen-bond acceptors (Lipinski definition) is 11. The Labute approximate surface area is 252 Å². The molecule has 1 atom stereocenters. The van der Waals surface area contributed by atoms with Crippen LogP contribution in [0.4, 0.5) is 9.52 Å². The highest BCUT2D eigenvalue weighted by Crippen LogP contribution is 2.45. The number of aromatic nitrogens is 2. The first-order valence-corrected chi connectivity index (χ1v) is 14.7. The number of aliphatic hydroxyl groups excluding tert-OH is 1. The van der Waals surface area contributed by atoms with Crippen LogP contribution in [-0.2, 0) is 20.1 Å². The summed E-state index contributed by atoms with van der Waals surface area (Å²) in [5.41, 5.74) is 1.68. The number of halogens is 1. The number of anilines is 1. The number of Topliss-reactive ketones (excluding diaryl/α,β-unsaturated/α-hetero) is 1. The average Bonchev–Trinajstić information content (AvgIpc) is 3.61. The Kier molecular flexibility index (Phi) is 7.82. The Balaban J connectivity index is 1.39. The number of hydrogen-bond donors (Lipinski definition) is 1. The largest absolute Gasteiger partial charge is 0.507 e. The quantitative estimate of drug-likeness (QED) is 0.0741. The van der Waals surface area contributed by atoms with Crippen LogP contribution in [0.1, 0.15) is 33.1 Å². The number of benzene rings is 3. The van der Waals surface area contributed by atoms with E-state index in [4.69, 9.17) is 14.2 Å². The topological polar surface area (TPSA) is 128 Å². The van der Waals surface area contributed by atoms with E-state index in [9.17, 15) is 23.9 Å². The molecule has 3 heterocycles. The minimum atomic E-state index is -1.08. The number of thioether (sulfide) groups is 1. The molecule has 10 nitrogen and oxygen atoms in total. The summed E-state index contributed by atoms with van der Waals surface area (Å²) < 4.78 is 29.8. The van der Waals surface area contributed by atoms with Crippen molar-refractivity contribution in [1.82, 2.24) is 10.2 Å². The van der Waals surface area contributed by atoms with Gasteiger partial charge in [-0.15, -0.1) is 10.2 Å². The lowest BCUT2D eigenvalue weighted by Crippen LogP contribution is -2.29. The molecule has 0 bridgehead atoms. The number of ether oxygens (including phenoxy) is 3. The lowest BCUT2D eigenvalue weighted by atomic mass is 9.94. The molecule has 1 N–H and O–H groups in total. The maximum atomic E-state index is 13.5. The molecule has 3 aromatic carbocycles. The fourth-order valence-corrected chi connectivity index (χ4v) is 6.52. The molecule has 0 aliphatic carbocycles. The zero-order valence-electron chi connectivity index (χ0n) is 22.5. The lowest BCUT2D eigenvalue weighted by Gasteiger charge is -2.23. The predicted octanol–water partition coefficient (Wildman–Crippen LogP) is 5.15. The molecule has 1 fully saturated rings. The van der Waals surface area contributed by atoms with Crippen LogP contribution in [-0.4, -0.2) is 53.3 Å². The summed E-state index contributed by atoms with van der Waals surface area (Å²) >= 11 is 2.45. The first kappa shape index (κ1) is 28.4. The van der Waals surface area contributed by atoms with Gasteiger partial charge in [-0.1, -0.05) is 47.4 Å². The van der Waals surface area contributed by atoms with Gasteiger partial charge in [0.2, 0.25) is 5.13 Å². The number of carbonyl (C=O) groups is 3. The second kappa shape index (κ2) is 11.9. The van der Waals surface area contributed by atoms with E-state index < -0.39 is 29.5 Å². The number of rotatable bonds is 7. The molecular formula is C30H22FN3O7S2. The summed E-state index contributed by atoms with van der Waals surface area (Å²) in [7, 11) is 1.26. The number of esters is 1. The third-order valence-electron chi connectivity index (χ3n) is 6.79. The standard InChI is InChI=1S/C30H22FN3O7S2/c1-39-28(38)18-6-4-17(5-7-18)24-23(25(35)19-8-11-21-22(14-19)41-13-12-40-21)26(36)27(37)34(24)29-32-33-30(43-29)42-15-16-2-9-20(31)10-3-16/h2-11,14,24,35H,12-13,15H2,1H3/b25-23+.